The van der Waals surface area contributed by atoms with E-state index in [1.165, 1.54) is 12.2 Å². The third-order valence-corrected chi connectivity index (χ3v) is 2.61. The monoisotopic (exact) mass is 203 g/mol. The number of sulfone groups is 1. The summed E-state index contributed by atoms with van der Waals surface area (Å²) in [7, 11) is -3.33. The molecule has 0 rings (SSSR count). The average Bonchev–Trinajstić information content (AvgIpc) is 1.99. The summed E-state index contributed by atoms with van der Waals surface area (Å²) in [6, 6.07) is 0. The van der Waals surface area contributed by atoms with E-state index in [0.29, 0.717) is 0 Å². The van der Waals surface area contributed by atoms with Crippen molar-refractivity contribution in [1.82, 2.24) is 5.32 Å². The predicted molar refractivity (Wildman–Crippen MR) is 52.1 cm³/mol. The molecule has 0 saturated heterocycles. The lowest BCUT2D eigenvalue weighted by atomic mass is 10.6. The molecule has 0 atom stereocenters. The van der Waals surface area contributed by atoms with E-state index in [2.05, 4.69) is 18.5 Å². The van der Waals surface area contributed by atoms with Gasteiger partial charge in [0, 0.05) is 6.54 Å². The van der Waals surface area contributed by atoms with Crippen molar-refractivity contribution in [2.75, 3.05) is 18.1 Å². The summed E-state index contributed by atoms with van der Waals surface area (Å²) in [4.78, 5) is 10.9. The molecule has 0 aliphatic rings. The summed E-state index contributed by atoms with van der Waals surface area (Å²) in [5.74, 6) is -1.18. The van der Waals surface area contributed by atoms with Crippen molar-refractivity contribution in [1.29, 1.82) is 0 Å². The molecule has 0 heterocycles. The lowest BCUT2D eigenvalue weighted by Gasteiger charge is -2.01. The van der Waals surface area contributed by atoms with Gasteiger partial charge in [0.25, 0.3) is 0 Å². The van der Waals surface area contributed by atoms with Crippen LogP contribution in [0.1, 0.15) is 0 Å². The van der Waals surface area contributed by atoms with E-state index in [1.54, 1.807) is 0 Å². The Morgan fingerprint density at radius 3 is 2.38 bits per heavy atom. The Morgan fingerprint density at radius 1 is 1.31 bits per heavy atom. The summed E-state index contributed by atoms with van der Waals surface area (Å²) in [6.45, 7) is 6.95. The van der Waals surface area contributed by atoms with Gasteiger partial charge in [-0.2, -0.15) is 0 Å². The van der Waals surface area contributed by atoms with Crippen molar-refractivity contribution < 1.29 is 13.2 Å². The fraction of sp³-hybridized carbons (Fsp3) is 0.375. The molecule has 4 nitrogen and oxygen atoms in total. The van der Waals surface area contributed by atoms with Crippen LogP contribution in [0.5, 0.6) is 0 Å². The molecule has 0 saturated carbocycles. The molecule has 1 amide bonds. The third kappa shape index (κ3) is 6.10. The highest BCUT2D eigenvalue weighted by molar-refractivity contribution is 7.92. The molecule has 74 valence electrons. The van der Waals surface area contributed by atoms with Crippen molar-refractivity contribution >= 4 is 15.7 Å². The third-order valence-electron chi connectivity index (χ3n) is 1.17. The van der Waals surface area contributed by atoms with Gasteiger partial charge in [0.2, 0.25) is 5.91 Å². The van der Waals surface area contributed by atoms with E-state index in [4.69, 9.17) is 0 Å². The van der Waals surface area contributed by atoms with Crippen molar-refractivity contribution in [3.63, 3.8) is 0 Å². The first-order valence-electron chi connectivity index (χ1n) is 3.70. The van der Waals surface area contributed by atoms with Crippen molar-refractivity contribution in [2.24, 2.45) is 0 Å². The first kappa shape index (κ1) is 11.9. The maximum atomic E-state index is 11.0. The van der Waals surface area contributed by atoms with E-state index in [1.807, 2.05) is 0 Å². The van der Waals surface area contributed by atoms with E-state index >= 15 is 0 Å². The first-order chi connectivity index (χ1) is 6.02. The van der Waals surface area contributed by atoms with Gasteiger partial charge in [-0.05, 0) is 0 Å². The number of hydrogen-bond donors (Lipinski definition) is 1. The number of carbonyl (C=O) groups is 1. The largest absolute Gasteiger partial charge is 0.352 e. The van der Waals surface area contributed by atoms with Gasteiger partial charge in [-0.15, -0.1) is 13.2 Å². The van der Waals surface area contributed by atoms with E-state index < -0.39 is 21.5 Å². The Labute approximate surface area is 78.3 Å². The molecule has 13 heavy (non-hydrogen) atoms. The number of rotatable bonds is 6. The zero-order valence-corrected chi connectivity index (χ0v) is 8.14. The average molecular weight is 203 g/mol. The minimum atomic E-state index is -3.33. The van der Waals surface area contributed by atoms with Gasteiger partial charge >= 0.3 is 0 Å². The van der Waals surface area contributed by atoms with Crippen LogP contribution < -0.4 is 5.32 Å². The summed E-state index contributed by atoms with van der Waals surface area (Å²) < 4.78 is 22.1. The SMILES string of the molecule is C=CCNC(=O)CS(=O)(=O)CC=C. The highest BCUT2D eigenvalue weighted by Gasteiger charge is 2.13. The van der Waals surface area contributed by atoms with Gasteiger partial charge in [0.05, 0.1) is 5.75 Å². The highest BCUT2D eigenvalue weighted by atomic mass is 32.2. The topological polar surface area (TPSA) is 63.2 Å². The van der Waals surface area contributed by atoms with Crippen molar-refractivity contribution in [3.05, 3.63) is 25.3 Å². The molecule has 0 radical (unpaired) electrons. The van der Waals surface area contributed by atoms with Crippen LogP contribution in [-0.2, 0) is 14.6 Å². The smallest absolute Gasteiger partial charge is 0.235 e. The fourth-order valence-corrected chi connectivity index (χ4v) is 1.65. The molecule has 1 N–H and O–H groups in total. The maximum absolute atomic E-state index is 11.0. The van der Waals surface area contributed by atoms with Gasteiger partial charge < -0.3 is 5.32 Å². The quantitative estimate of drug-likeness (QED) is 0.613. The molecule has 0 aliphatic heterocycles. The lowest BCUT2D eigenvalue weighted by molar-refractivity contribution is -0.118. The Hall–Kier alpha value is -1.10. The summed E-state index contributed by atoms with van der Waals surface area (Å²) >= 11 is 0. The minimum Gasteiger partial charge on any atom is -0.352 e. The van der Waals surface area contributed by atoms with Crippen LogP contribution in [0.15, 0.2) is 25.3 Å². The standard InChI is InChI=1S/C8H13NO3S/c1-3-5-9-8(10)7-13(11,12)6-4-2/h3-4H,1-2,5-7H2,(H,9,10). The first-order valence-corrected chi connectivity index (χ1v) is 5.53. The molecule has 0 aromatic heterocycles. The van der Waals surface area contributed by atoms with Crippen LogP contribution in [0.4, 0.5) is 0 Å². The van der Waals surface area contributed by atoms with Gasteiger partial charge in [0.1, 0.15) is 5.75 Å². The lowest BCUT2D eigenvalue weighted by Crippen LogP contribution is -2.31. The second-order valence-electron chi connectivity index (χ2n) is 2.44. The zero-order valence-electron chi connectivity index (χ0n) is 7.32. The Morgan fingerprint density at radius 2 is 1.92 bits per heavy atom. The molecule has 0 aromatic rings. The van der Waals surface area contributed by atoms with Crippen LogP contribution in [0.3, 0.4) is 0 Å². The second-order valence-corrected chi connectivity index (χ2v) is 4.55. The van der Waals surface area contributed by atoms with Gasteiger partial charge in [-0.25, -0.2) is 8.42 Å². The van der Waals surface area contributed by atoms with E-state index in [-0.39, 0.29) is 12.3 Å². The Kier molecular flexibility index (Phi) is 5.06. The Balaban J connectivity index is 4.04. The fourth-order valence-electron chi connectivity index (χ4n) is 0.675. The molecule has 0 unspecified atom stereocenters. The number of amides is 1. The Bertz CT molecular complexity index is 293. The minimum absolute atomic E-state index is 0.172. The number of hydrogen-bond acceptors (Lipinski definition) is 3. The van der Waals surface area contributed by atoms with Crippen LogP contribution in [0, 0.1) is 0 Å². The van der Waals surface area contributed by atoms with Gasteiger partial charge in [-0.3, -0.25) is 4.79 Å². The van der Waals surface area contributed by atoms with Crippen molar-refractivity contribution in [3.8, 4) is 0 Å². The molecule has 0 aliphatic carbocycles. The number of nitrogens with one attached hydrogen (secondary N) is 1. The van der Waals surface area contributed by atoms with E-state index in [0.717, 1.165) is 0 Å². The van der Waals surface area contributed by atoms with Crippen LogP contribution >= 0.6 is 0 Å². The molecular weight excluding hydrogens is 190 g/mol. The highest BCUT2D eigenvalue weighted by Crippen LogP contribution is 1.89. The molecule has 0 spiro atoms. The molecule has 0 aromatic carbocycles. The summed E-state index contributed by atoms with van der Waals surface area (Å²) in [5, 5.41) is 2.38. The zero-order chi connectivity index (χ0) is 10.3. The maximum Gasteiger partial charge on any atom is 0.235 e. The van der Waals surface area contributed by atoms with Gasteiger partial charge in [-0.1, -0.05) is 12.2 Å². The van der Waals surface area contributed by atoms with Crippen molar-refractivity contribution in [2.45, 2.75) is 0 Å². The molecule has 0 bridgehead atoms. The predicted octanol–water partition coefficient (Wildman–Crippen LogP) is -0.111. The number of carbonyl (C=O) groups excluding carboxylic acids is 1. The summed E-state index contributed by atoms with van der Waals surface area (Å²) in [5.41, 5.74) is 0. The molecular formula is C8H13NO3S. The van der Waals surface area contributed by atoms with Crippen LogP contribution in [0.25, 0.3) is 0 Å². The van der Waals surface area contributed by atoms with Crippen LogP contribution in [-0.4, -0.2) is 32.4 Å². The molecule has 0 fully saturated rings. The van der Waals surface area contributed by atoms with Gasteiger partial charge in [0.15, 0.2) is 9.84 Å². The summed E-state index contributed by atoms with van der Waals surface area (Å²) in [6.07, 6.45) is 2.74. The van der Waals surface area contributed by atoms with E-state index in [9.17, 15) is 13.2 Å². The second kappa shape index (κ2) is 5.53. The molecule has 5 heteroatoms. The van der Waals surface area contributed by atoms with Crippen LogP contribution in [0.2, 0.25) is 0 Å². The normalized spacial score (nSPS) is 10.5.